The van der Waals surface area contributed by atoms with Crippen molar-refractivity contribution >= 4 is 0 Å². The molecule has 0 aromatic carbocycles. The molecule has 0 radical (unpaired) electrons. The molecule has 2 heterocycles. The monoisotopic (exact) mass is 245 g/mol. The Morgan fingerprint density at radius 1 is 1.28 bits per heavy atom. The van der Waals surface area contributed by atoms with E-state index in [0.717, 1.165) is 35.6 Å². The zero-order valence-electron chi connectivity index (χ0n) is 11.1. The summed E-state index contributed by atoms with van der Waals surface area (Å²) in [6, 6.07) is 3.83. The van der Waals surface area contributed by atoms with Gasteiger partial charge in [-0.1, -0.05) is 12.1 Å². The second-order valence-corrected chi connectivity index (χ2v) is 4.54. The SMILES string of the molecule is CCCn1nncc1C(N)c1cc(C)nc(C)c1. The molecule has 0 bridgehead atoms. The maximum atomic E-state index is 6.30. The van der Waals surface area contributed by atoms with Gasteiger partial charge in [0.1, 0.15) is 0 Å². The predicted molar refractivity (Wildman–Crippen MR) is 70.1 cm³/mol. The van der Waals surface area contributed by atoms with E-state index in [2.05, 4.69) is 22.2 Å². The molecule has 2 N–H and O–H groups in total. The van der Waals surface area contributed by atoms with Gasteiger partial charge in [-0.2, -0.15) is 0 Å². The van der Waals surface area contributed by atoms with Crippen LogP contribution in [-0.4, -0.2) is 20.0 Å². The lowest BCUT2D eigenvalue weighted by molar-refractivity contribution is 0.543. The van der Waals surface area contributed by atoms with Gasteiger partial charge in [-0.3, -0.25) is 4.98 Å². The Hall–Kier alpha value is -1.75. The highest BCUT2D eigenvalue weighted by Crippen LogP contribution is 2.20. The standard InChI is InChI=1S/C13H19N5/c1-4-5-18-12(8-15-17-18)13(14)11-6-9(2)16-10(3)7-11/h6-8,13H,4-5,14H2,1-3H3. The molecule has 0 aliphatic carbocycles. The summed E-state index contributed by atoms with van der Waals surface area (Å²) in [6.07, 6.45) is 2.75. The van der Waals surface area contributed by atoms with Gasteiger partial charge in [-0.25, -0.2) is 4.68 Å². The number of aryl methyl sites for hydroxylation is 3. The Morgan fingerprint density at radius 3 is 2.56 bits per heavy atom. The van der Waals surface area contributed by atoms with Crippen molar-refractivity contribution in [1.82, 2.24) is 20.0 Å². The lowest BCUT2D eigenvalue weighted by atomic mass is 10.0. The molecule has 0 fully saturated rings. The van der Waals surface area contributed by atoms with E-state index in [9.17, 15) is 0 Å². The minimum Gasteiger partial charge on any atom is -0.319 e. The number of aromatic nitrogens is 4. The van der Waals surface area contributed by atoms with Gasteiger partial charge >= 0.3 is 0 Å². The molecule has 2 aromatic heterocycles. The second-order valence-electron chi connectivity index (χ2n) is 4.54. The van der Waals surface area contributed by atoms with Gasteiger partial charge in [-0.05, 0) is 38.0 Å². The molecule has 0 saturated heterocycles. The van der Waals surface area contributed by atoms with E-state index >= 15 is 0 Å². The Bertz CT molecular complexity index is 512. The van der Waals surface area contributed by atoms with E-state index in [-0.39, 0.29) is 6.04 Å². The van der Waals surface area contributed by atoms with Gasteiger partial charge in [0.2, 0.25) is 0 Å². The summed E-state index contributed by atoms with van der Waals surface area (Å²) in [5.41, 5.74) is 10.3. The fourth-order valence-corrected chi connectivity index (χ4v) is 2.11. The van der Waals surface area contributed by atoms with E-state index in [1.165, 1.54) is 0 Å². The summed E-state index contributed by atoms with van der Waals surface area (Å²) < 4.78 is 1.87. The summed E-state index contributed by atoms with van der Waals surface area (Å²) in [5.74, 6) is 0. The lowest BCUT2D eigenvalue weighted by Gasteiger charge is -2.14. The maximum Gasteiger partial charge on any atom is 0.0799 e. The van der Waals surface area contributed by atoms with Crippen molar-refractivity contribution in [1.29, 1.82) is 0 Å². The number of hydrogen-bond acceptors (Lipinski definition) is 4. The minimum absolute atomic E-state index is 0.202. The van der Waals surface area contributed by atoms with E-state index < -0.39 is 0 Å². The maximum absolute atomic E-state index is 6.30. The van der Waals surface area contributed by atoms with Crippen LogP contribution < -0.4 is 5.73 Å². The van der Waals surface area contributed by atoms with Gasteiger partial charge in [0.05, 0.1) is 17.9 Å². The molecule has 5 nitrogen and oxygen atoms in total. The van der Waals surface area contributed by atoms with E-state index in [1.54, 1.807) is 6.20 Å². The fraction of sp³-hybridized carbons (Fsp3) is 0.462. The molecule has 96 valence electrons. The normalized spacial score (nSPS) is 12.7. The number of nitrogens with two attached hydrogens (primary N) is 1. The molecule has 2 rings (SSSR count). The molecule has 0 aliphatic rings. The third-order valence-corrected chi connectivity index (χ3v) is 2.86. The first-order chi connectivity index (χ1) is 8.61. The van der Waals surface area contributed by atoms with Crippen LogP contribution in [0.4, 0.5) is 0 Å². The molecule has 1 atom stereocenters. The third kappa shape index (κ3) is 2.56. The van der Waals surface area contributed by atoms with Gasteiger partial charge in [0.25, 0.3) is 0 Å². The van der Waals surface area contributed by atoms with Crippen LogP contribution in [-0.2, 0) is 6.54 Å². The molecule has 0 spiro atoms. The van der Waals surface area contributed by atoms with Crippen molar-refractivity contribution in [3.05, 3.63) is 41.0 Å². The molecule has 0 amide bonds. The van der Waals surface area contributed by atoms with Gasteiger partial charge < -0.3 is 5.73 Å². The highest BCUT2D eigenvalue weighted by atomic mass is 15.4. The average molecular weight is 245 g/mol. The number of hydrogen-bond donors (Lipinski definition) is 1. The molecule has 5 heteroatoms. The first kappa shape index (κ1) is 12.7. The van der Waals surface area contributed by atoms with Gasteiger partial charge in [0.15, 0.2) is 0 Å². The van der Waals surface area contributed by atoms with Crippen molar-refractivity contribution in [3.8, 4) is 0 Å². The zero-order chi connectivity index (χ0) is 13.1. The lowest BCUT2D eigenvalue weighted by Crippen LogP contribution is -2.18. The first-order valence-electron chi connectivity index (χ1n) is 6.21. The summed E-state index contributed by atoms with van der Waals surface area (Å²) in [4.78, 5) is 4.36. The Kier molecular flexibility index (Phi) is 3.72. The van der Waals surface area contributed by atoms with Crippen molar-refractivity contribution < 1.29 is 0 Å². The Labute approximate surface area is 107 Å². The molecule has 2 aromatic rings. The summed E-state index contributed by atoms with van der Waals surface area (Å²) in [5, 5.41) is 8.02. The van der Waals surface area contributed by atoms with Crippen LogP contribution in [0.5, 0.6) is 0 Å². The van der Waals surface area contributed by atoms with Gasteiger partial charge in [-0.15, -0.1) is 5.10 Å². The second kappa shape index (κ2) is 5.27. The van der Waals surface area contributed by atoms with E-state index in [0.29, 0.717) is 0 Å². The van der Waals surface area contributed by atoms with Crippen LogP contribution in [0.2, 0.25) is 0 Å². The van der Waals surface area contributed by atoms with Gasteiger partial charge in [0, 0.05) is 17.9 Å². The molecular weight excluding hydrogens is 226 g/mol. The number of rotatable bonds is 4. The van der Waals surface area contributed by atoms with Crippen LogP contribution in [0.15, 0.2) is 18.3 Å². The van der Waals surface area contributed by atoms with Crippen LogP contribution in [0.25, 0.3) is 0 Å². The first-order valence-corrected chi connectivity index (χ1v) is 6.21. The van der Waals surface area contributed by atoms with Crippen molar-refractivity contribution in [2.75, 3.05) is 0 Å². The number of nitrogens with zero attached hydrogens (tertiary/aromatic N) is 4. The largest absolute Gasteiger partial charge is 0.319 e. The average Bonchev–Trinajstić information content (AvgIpc) is 2.75. The topological polar surface area (TPSA) is 69.6 Å². The predicted octanol–water partition coefficient (Wildman–Crippen LogP) is 1.75. The van der Waals surface area contributed by atoms with Crippen molar-refractivity contribution in [2.45, 2.75) is 39.8 Å². The third-order valence-electron chi connectivity index (χ3n) is 2.86. The fourth-order valence-electron chi connectivity index (χ4n) is 2.11. The van der Waals surface area contributed by atoms with Crippen molar-refractivity contribution in [2.24, 2.45) is 5.73 Å². The molecule has 1 unspecified atom stereocenters. The highest BCUT2D eigenvalue weighted by molar-refractivity contribution is 5.28. The van der Waals surface area contributed by atoms with Crippen LogP contribution in [0.1, 0.15) is 42.0 Å². The van der Waals surface area contributed by atoms with E-state index in [4.69, 9.17) is 5.73 Å². The molecule has 0 aliphatic heterocycles. The zero-order valence-corrected chi connectivity index (χ0v) is 11.1. The molecular formula is C13H19N5. The number of pyridine rings is 1. The summed E-state index contributed by atoms with van der Waals surface area (Å²) in [6.45, 7) is 6.90. The van der Waals surface area contributed by atoms with Crippen LogP contribution >= 0.6 is 0 Å². The van der Waals surface area contributed by atoms with Crippen LogP contribution in [0.3, 0.4) is 0 Å². The molecule has 18 heavy (non-hydrogen) atoms. The van der Waals surface area contributed by atoms with Crippen molar-refractivity contribution in [3.63, 3.8) is 0 Å². The summed E-state index contributed by atoms with van der Waals surface area (Å²) in [7, 11) is 0. The summed E-state index contributed by atoms with van der Waals surface area (Å²) >= 11 is 0. The minimum atomic E-state index is -0.202. The van der Waals surface area contributed by atoms with E-state index in [1.807, 2.05) is 30.7 Å². The molecule has 0 saturated carbocycles. The van der Waals surface area contributed by atoms with Crippen LogP contribution in [0, 0.1) is 13.8 Å². The smallest absolute Gasteiger partial charge is 0.0799 e. The highest BCUT2D eigenvalue weighted by Gasteiger charge is 2.15. The Morgan fingerprint density at radius 2 is 1.94 bits per heavy atom. The Balaban J connectivity index is 2.34. The quantitative estimate of drug-likeness (QED) is 0.891.